The summed E-state index contributed by atoms with van der Waals surface area (Å²) in [7, 11) is 2.39. The Hall–Kier alpha value is -4.28. The summed E-state index contributed by atoms with van der Waals surface area (Å²) in [6.45, 7) is -0.498. The van der Waals surface area contributed by atoms with E-state index in [1.807, 2.05) is 0 Å². The third kappa shape index (κ3) is 6.55. The molecule has 7 N–H and O–H groups in total. The number of aliphatic carboxylic acids is 2. The number of carboxylic acid groups (broad SMARTS) is 2. The molecule has 0 aromatic heterocycles. The van der Waals surface area contributed by atoms with Gasteiger partial charge in [-0.2, -0.15) is 0 Å². The number of carbonyl (C=O) groups excluding carboxylic acids is 3. The fourth-order valence-corrected chi connectivity index (χ4v) is 5.56. The number of β-lactam (4-membered cyclic amide) rings is 1. The number of fused-ring (bicyclic) bond motifs is 1. The summed E-state index contributed by atoms with van der Waals surface area (Å²) in [6, 6.07) is 2.67. The number of nitrogens with one attached hydrogen (secondary N) is 1. The van der Waals surface area contributed by atoms with Crippen LogP contribution in [-0.4, -0.2) is 98.8 Å². The molecule has 2 aliphatic rings. The first-order valence-corrected chi connectivity index (χ1v) is 13.1. The van der Waals surface area contributed by atoms with Crippen molar-refractivity contribution in [2.24, 2.45) is 5.73 Å². The second kappa shape index (κ2) is 12.9. The molecule has 1 aromatic rings. The average Bonchev–Trinajstić information content (AvgIpc) is 2.94. The third-order valence-corrected chi connectivity index (χ3v) is 7.67. The van der Waals surface area contributed by atoms with E-state index in [2.05, 4.69) is 5.32 Å². The molecule has 41 heavy (non-hydrogen) atoms. The number of hydrogen-bond acceptors (Lipinski definition) is 12. The van der Waals surface area contributed by atoms with Crippen LogP contribution in [0.5, 0.6) is 11.5 Å². The van der Waals surface area contributed by atoms with Gasteiger partial charge in [0.15, 0.2) is 11.5 Å². The molecular formula is C25H29N3O12S. The number of nitrogens with zero attached hydrogens (tertiary/aromatic N) is 1. The lowest BCUT2D eigenvalue weighted by atomic mass is 9.97. The minimum Gasteiger partial charge on any atom is -0.504 e. The summed E-state index contributed by atoms with van der Waals surface area (Å²) < 4.78 is 15.6. The van der Waals surface area contributed by atoms with Gasteiger partial charge in [-0.3, -0.25) is 19.3 Å². The molecular weight excluding hydrogens is 566 g/mol. The second-order valence-electron chi connectivity index (χ2n) is 8.96. The summed E-state index contributed by atoms with van der Waals surface area (Å²) in [5.74, 6) is -6.13. The van der Waals surface area contributed by atoms with Crippen molar-refractivity contribution in [3.8, 4) is 11.5 Å². The molecule has 2 aliphatic heterocycles. The van der Waals surface area contributed by atoms with Gasteiger partial charge in [-0.15, -0.1) is 11.8 Å². The van der Waals surface area contributed by atoms with E-state index in [1.165, 1.54) is 38.5 Å². The molecule has 1 aromatic carbocycles. The van der Waals surface area contributed by atoms with Gasteiger partial charge in [0.1, 0.15) is 23.7 Å². The smallest absolute Gasteiger partial charge is 0.373 e. The number of hydrogen-bond donors (Lipinski definition) is 6. The Balaban J connectivity index is 1.71. The Labute approximate surface area is 237 Å². The average molecular weight is 596 g/mol. The van der Waals surface area contributed by atoms with Gasteiger partial charge in [0.25, 0.3) is 11.6 Å². The largest absolute Gasteiger partial charge is 0.504 e. The predicted octanol–water partition coefficient (Wildman–Crippen LogP) is -0.0768. The summed E-state index contributed by atoms with van der Waals surface area (Å²) in [6.07, 6.45) is 1.27. The number of carbonyl (C=O) groups is 5. The molecule has 0 saturated carbocycles. The van der Waals surface area contributed by atoms with E-state index in [0.29, 0.717) is 5.56 Å². The number of aromatic hydroxyl groups is 2. The van der Waals surface area contributed by atoms with Crippen LogP contribution in [-0.2, 0) is 38.2 Å². The minimum atomic E-state index is -1.85. The molecule has 3 atom stereocenters. The van der Waals surface area contributed by atoms with Crippen molar-refractivity contribution in [3.05, 3.63) is 40.8 Å². The van der Waals surface area contributed by atoms with Crippen molar-refractivity contribution in [2.45, 2.75) is 36.4 Å². The molecule has 0 bridgehead atoms. The third-order valence-electron chi connectivity index (χ3n) is 6.29. The lowest BCUT2D eigenvalue weighted by Crippen LogP contribution is -2.80. The highest BCUT2D eigenvalue weighted by molar-refractivity contribution is 8.00. The zero-order valence-corrected chi connectivity index (χ0v) is 22.8. The van der Waals surface area contributed by atoms with Crippen molar-refractivity contribution in [2.75, 3.05) is 26.6 Å². The minimum absolute atomic E-state index is 0.00959. The lowest BCUT2D eigenvalue weighted by Gasteiger charge is -2.55. The number of phenolic OH excluding ortho intramolecular Hbond substituents is 2. The first kappa shape index (κ1) is 31.3. The maximum Gasteiger partial charge on any atom is 0.373 e. The van der Waals surface area contributed by atoms with E-state index in [9.17, 15) is 39.3 Å². The number of amides is 2. The van der Waals surface area contributed by atoms with Crippen LogP contribution in [0.3, 0.4) is 0 Å². The van der Waals surface area contributed by atoms with Crippen LogP contribution in [0.2, 0.25) is 0 Å². The summed E-state index contributed by atoms with van der Waals surface area (Å²) in [4.78, 5) is 62.2. The number of ether oxygens (including phenoxy) is 3. The number of benzene rings is 1. The van der Waals surface area contributed by atoms with Gasteiger partial charge in [0.2, 0.25) is 11.7 Å². The van der Waals surface area contributed by atoms with Gasteiger partial charge in [-0.25, -0.2) is 9.59 Å². The normalized spacial score (nSPS) is 21.0. The molecule has 16 heteroatoms. The number of thioether (sulfide) groups is 1. The highest BCUT2D eigenvalue weighted by Gasteiger charge is 2.66. The number of nitrogens with two attached hydrogens (primary N) is 1. The molecule has 2 amide bonds. The Morgan fingerprint density at radius 1 is 1.22 bits per heavy atom. The summed E-state index contributed by atoms with van der Waals surface area (Å²) in [5, 5.41) is 39.4. The van der Waals surface area contributed by atoms with Crippen LogP contribution in [0, 0.1) is 0 Å². The van der Waals surface area contributed by atoms with E-state index < -0.39 is 64.9 Å². The molecule has 0 radical (unpaired) electrons. The van der Waals surface area contributed by atoms with Crippen molar-refractivity contribution >= 4 is 47.6 Å². The van der Waals surface area contributed by atoms with Crippen molar-refractivity contribution in [1.82, 2.24) is 10.2 Å². The Kier molecular flexibility index (Phi) is 9.85. The van der Waals surface area contributed by atoms with Crippen LogP contribution in [0.4, 0.5) is 0 Å². The van der Waals surface area contributed by atoms with Crippen LogP contribution in [0.15, 0.2) is 35.2 Å². The first-order valence-electron chi connectivity index (χ1n) is 12.1. The monoisotopic (exact) mass is 595 g/mol. The van der Waals surface area contributed by atoms with Gasteiger partial charge < -0.3 is 45.7 Å². The molecule has 0 spiro atoms. The van der Waals surface area contributed by atoms with Gasteiger partial charge in [-0.05, 0) is 36.6 Å². The first-order chi connectivity index (χ1) is 19.4. The second-order valence-corrected chi connectivity index (χ2v) is 10.0. The summed E-state index contributed by atoms with van der Waals surface area (Å²) >= 11 is 1.08. The van der Waals surface area contributed by atoms with Gasteiger partial charge in [0, 0.05) is 24.9 Å². The number of methoxy groups -OCH3 is 2. The molecule has 1 fully saturated rings. The van der Waals surface area contributed by atoms with E-state index in [4.69, 9.17) is 25.1 Å². The zero-order valence-electron chi connectivity index (χ0n) is 22.0. The fraction of sp³-hybridized carbons (Fsp3) is 0.400. The number of esters is 1. The van der Waals surface area contributed by atoms with Gasteiger partial charge >= 0.3 is 17.9 Å². The molecule has 15 nitrogen and oxygen atoms in total. The molecule has 3 rings (SSSR count). The van der Waals surface area contributed by atoms with Crippen molar-refractivity contribution in [3.63, 3.8) is 0 Å². The number of phenols is 2. The Bertz CT molecular complexity index is 1310. The number of rotatable bonds is 13. The topological polar surface area (TPSA) is 235 Å². The van der Waals surface area contributed by atoms with Crippen LogP contribution >= 0.6 is 11.8 Å². The molecule has 3 unspecified atom stereocenters. The highest BCUT2D eigenvalue weighted by Crippen LogP contribution is 2.46. The lowest BCUT2D eigenvalue weighted by molar-refractivity contribution is -0.192. The highest BCUT2D eigenvalue weighted by atomic mass is 32.2. The maximum atomic E-state index is 13.2. The fourth-order valence-electron chi connectivity index (χ4n) is 4.14. The van der Waals surface area contributed by atoms with E-state index in [1.54, 1.807) is 0 Å². The molecule has 222 valence electrons. The van der Waals surface area contributed by atoms with Crippen LogP contribution in [0.1, 0.15) is 24.8 Å². The standard InChI is InChI=1S/C25H29N3O12S/c1-38-17(9-12-6-7-15(29)16(30)8-12)22(36)40-10-13-11-41-24-25(39-2,23(37)28(24)19(13)21(34)35)27-18(31)5-3-4-14(26)20(32)33/h6-9,14,24,29-30H,3-5,10-11,26H2,1-2H3,(H,27,31)(H,32,33)(H,34,35)/b17-9-. The predicted molar refractivity (Wildman–Crippen MR) is 141 cm³/mol. The molecule has 0 aliphatic carbocycles. The molecule has 1 saturated heterocycles. The quantitative estimate of drug-likeness (QED) is 0.0437. The maximum absolute atomic E-state index is 13.2. The Morgan fingerprint density at radius 2 is 1.93 bits per heavy atom. The Morgan fingerprint density at radius 3 is 2.51 bits per heavy atom. The van der Waals surface area contributed by atoms with Crippen LogP contribution in [0.25, 0.3) is 6.08 Å². The van der Waals surface area contributed by atoms with E-state index >= 15 is 0 Å². The SMILES string of the molecule is CO/C(=C\c1ccc(O)c(O)c1)C(=O)OCC1=C(C(=O)O)N2C(=O)C(NC(=O)CCCC(N)C(=O)O)(OC)C2SC1. The van der Waals surface area contributed by atoms with E-state index in [-0.39, 0.29) is 42.1 Å². The van der Waals surface area contributed by atoms with Crippen LogP contribution < -0.4 is 11.1 Å². The number of carboxylic acids is 2. The van der Waals surface area contributed by atoms with Gasteiger partial charge in [0.05, 0.1) is 7.11 Å². The molecule has 2 heterocycles. The zero-order chi connectivity index (χ0) is 30.5. The van der Waals surface area contributed by atoms with Crippen molar-refractivity contribution < 1.29 is 58.6 Å². The van der Waals surface area contributed by atoms with E-state index in [0.717, 1.165) is 16.7 Å². The van der Waals surface area contributed by atoms with Crippen molar-refractivity contribution in [1.29, 1.82) is 0 Å². The summed E-state index contributed by atoms with van der Waals surface area (Å²) in [5.41, 5.74) is 3.58. The van der Waals surface area contributed by atoms with Gasteiger partial charge in [-0.1, -0.05) is 6.07 Å².